The van der Waals surface area contributed by atoms with Crippen LogP contribution in [0, 0.1) is 11.8 Å². The fourth-order valence-corrected chi connectivity index (χ4v) is 5.70. The van der Waals surface area contributed by atoms with Crippen LogP contribution < -0.4 is 4.90 Å². The van der Waals surface area contributed by atoms with E-state index in [-0.39, 0.29) is 0 Å². The summed E-state index contributed by atoms with van der Waals surface area (Å²) in [5.41, 5.74) is 1.25. The van der Waals surface area contributed by atoms with Crippen LogP contribution >= 0.6 is 22.6 Å². The Hall–Kier alpha value is -0.760. The highest BCUT2D eigenvalue weighted by Gasteiger charge is 2.42. The molecule has 3 aliphatic rings. The van der Waals surface area contributed by atoms with E-state index in [4.69, 9.17) is 9.97 Å². The third-order valence-electron chi connectivity index (χ3n) is 6.88. The number of ketones is 1. The van der Waals surface area contributed by atoms with Crippen molar-refractivity contribution in [2.24, 2.45) is 11.8 Å². The SMILES string of the molecule is CC(=O)C1CCC(Cc2cnc(N3C4CCC3CN(C(C)I)C4)nc2)CC1. The largest absolute Gasteiger partial charge is 0.332 e. The minimum atomic E-state index is 0.305. The molecule has 3 heterocycles. The van der Waals surface area contributed by atoms with Crippen molar-refractivity contribution in [1.82, 2.24) is 14.9 Å². The second-order valence-electron chi connectivity index (χ2n) is 8.74. The van der Waals surface area contributed by atoms with E-state index in [9.17, 15) is 4.79 Å². The zero-order chi connectivity index (χ0) is 19.0. The van der Waals surface area contributed by atoms with Gasteiger partial charge in [-0.05, 0) is 70.3 Å². The molecule has 1 aromatic heterocycles. The molecule has 0 N–H and O–H groups in total. The Morgan fingerprint density at radius 1 is 1.11 bits per heavy atom. The van der Waals surface area contributed by atoms with Gasteiger partial charge in [-0.15, -0.1) is 0 Å². The van der Waals surface area contributed by atoms with Gasteiger partial charge in [-0.25, -0.2) is 9.97 Å². The molecule has 5 nitrogen and oxygen atoms in total. The number of hydrogen-bond acceptors (Lipinski definition) is 5. The highest BCUT2D eigenvalue weighted by Crippen LogP contribution is 2.35. The summed E-state index contributed by atoms with van der Waals surface area (Å²) < 4.78 is 0.592. The smallest absolute Gasteiger partial charge is 0.225 e. The van der Waals surface area contributed by atoms with Crippen molar-refractivity contribution in [3.8, 4) is 0 Å². The Kier molecular flexibility index (Phi) is 6.02. The molecule has 2 saturated heterocycles. The first-order chi connectivity index (χ1) is 13.0. The number of nitrogens with zero attached hydrogens (tertiary/aromatic N) is 4. The monoisotopic (exact) mass is 482 g/mol. The lowest BCUT2D eigenvalue weighted by molar-refractivity contribution is -0.121. The van der Waals surface area contributed by atoms with Crippen LogP contribution in [0.25, 0.3) is 0 Å². The third-order valence-corrected chi connectivity index (χ3v) is 7.67. The maximum absolute atomic E-state index is 11.5. The predicted molar refractivity (Wildman–Crippen MR) is 116 cm³/mol. The molecular weight excluding hydrogens is 451 g/mol. The van der Waals surface area contributed by atoms with Crippen molar-refractivity contribution in [2.75, 3.05) is 18.0 Å². The van der Waals surface area contributed by atoms with Gasteiger partial charge in [0, 0.05) is 43.5 Å². The standard InChI is InChI=1S/C21H31IN4O/c1-14(27)18-5-3-16(4-6-18)9-17-10-23-21(24-11-17)26-19-7-8-20(26)13-25(12-19)15(2)22/h10-11,15-16,18-20H,3-9,12-13H2,1-2H3. The number of carbonyl (C=O) groups is 1. The molecule has 3 atom stereocenters. The van der Waals surface area contributed by atoms with Crippen LogP contribution in [0.15, 0.2) is 12.4 Å². The second kappa shape index (κ2) is 8.31. The van der Waals surface area contributed by atoms with Gasteiger partial charge in [0.25, 0.3) is 0 Å². The molecule has 1 aliphatic carbocycles. The summed E-state index contributed by atoms with van der Waals surface area (Å²) in [6.07, 6.45) is 12.1. The van der Waals surface area contributed by atoms with Crippen LogP contribution in [0.2, 0.25) is 0 Å². The van der Waals surface area contributed by atoms with Crippen LogP contribution in [0.4, 0.5) is 5.95 Å². The first kappa shape index (κ1) is 19.6. The van der Waals surface area contributed by atoms with Crippen molar-refractivity contribution in [2.45, 2.75) is 74.9 Å². The van der Waals surface area contributed by atoms with E-state index >= 15 is 0 Å². The van der Waals surface area contributed by atoms with Crippen LogP contribution in [0.5, 0.6) is 0 Å². The second-order valence-corrected chi connectivity index (χ2v) is 10.5. The molecule has 2 bridgehead atoms. The zero-order valence-electron chi connectivity index (χ0n) is 16.5. The maximum Gasteiger partial charge on any atom is 0.225 e. The normalized spacial score (nSPS) is 32.5. The molecule has 4 rings (SSSR count). The number of Topliss-reactive ketones (excluding diaryl/α,β-unsaturated/α-hetero) is 1. The number of rotatable bonds is 5. The van der Waals surface area contributed by atoms with Crippen LogP contribution in [0.3, 0.4) is 0 Å². The Bertz CT molecular complexity index is 643. The summed E-state index contributed by atoms with van der Waals surface area (Å²) in [6, 6.07) is 1.13. The van der Waals surface area contributed by atoms with Gasteiger partial charge in [-0.3, -0.25) is 9.69 Å². The highest BCUT2D eigenvalue weighted by atomic mass is 127. The molecule has 3 unspecified atom stereocenters. The molecule has 6 heteroatoms. The minimum Gasteiger partial charge on any atom is -0.332 e. The Balaban J connectivity index is 1.35. The number of piperazine rings is 1. The number of carbonyl (C=O) groups excluding carboxylic acids is 1. The van der Waals surface area contributed by atoms with Crippen molar-refractivity contribution in [3.05, 3.63) is 18.0 Å². The van der Waals surface area contributed by atoms with Crippen molar-refractivity contribution < 1.29 is 4.79 Å². The van der Waals surface area contributed by atoms with E-state index in [1.54, 1.807) is 6.92 Å². The van der Waals surface area contributed by atoms with E-state index in [0.717, 1.165) is 51.1 Å². The lowest BCUT2D eigenvalue weighted by atomic mass is 9.78. The summed E-state index contributed by atoms with van der Waals surface area (Å²) in [4.78, 5) is 26.1. The Labute approximate surface area is 176 Å². The van der Waals surface area contributed by atoms with Crippen molar-refractivity contribution in [1.29, 1.82) is 0 Å². The molecule has 1 aromatic rings. The average molecular weight is 482 g/mol. The van der Waals surface area contributed by atoms with Gasteiger partial charge in [0.15, 0.2) is 0 Å². The molecular formula is C21H31IN4O. The molecule has 0 radical (unpaired) electrons. The molecule has 0 amide bonds. The lowest BCUT2D eigenvalue weighted by Crippen LogP contribution is -2.55. The van der Waals surface area contributed by atoms with Gasteiger partial charge in [0.1, 0.15) is 5.78 Å². The van der Waals surface area contributed by atoms with Crippen molar-refractivity contribution >= 4 is 34.3 Å². The number of likely N-dealkylation sites (tertiary alicyclic amines) is 1. The van der Waals surface area contributed by atoms with Gasteiger partial charge in [-0.2, -0.15) is 0 Å². The van der Waals surface area contributed by atoms with Crippen LogP contribution in [-0.4, -0.2) is 49.9 Å². The average Bonchev–Trinajstić information content (AvgIpc) is 2.92. The number of halogens is 1. The van der Waals surface area contributed by atoms with E-state index in [0.29, 0.717) is 33.8 Å². The molecule has 2 aliphatic heterocycles. The van der Waals surface area contributed by atoms with Gasteiger partial charge in [0.2, 0.25) is 5.95 Å². The van der Waals surface area contributed by atoms with Crippen LogP contribution in [-0.2, 0) is 11.2 Å². The molecule has 3 fully saturated rings. The first-order valence-corrected chi connectivity index (χ1v) is 11.7. The number of hydrogen-bond donors (Lipinski definition) is 0. The van der Waals surface area contributed by atoms with E-state index in [1.165, 1.54) is 18.4 Å². The van der Waals surface area contributed by atoms with E-state index in [2.05, 4.69) is 39.3 Å². The molecule has 27 heavy (non-hydrogen) atoms. The molecule has 148 valence electrons. The molecule has 1 saturated carbocycles. The Morgan fingerprint density at radius 3 is 2.22 bits per heavy atom. The zero-order valence-corrected chi connectivity index (χ0v) is 18.6. The Morgan fingerprint density at radius 2 is 1.70 bits per heavy atom. The van der Waals surface area contributed by atoms with Gasteiger partial charge >= 0.3 is 0 Å². The third kappa shape index (κ3) is 4.31. The van der Waals surface area contributed by atoms with Crippen LogP contribution in [0.1, 0.15) is 57.9 Å². The summed E-state index contributed by atoms with van der Waals surface area (Å²) in [6.45, 7) is 6.28. The highest BCUT2D eigenvalue weighted by molar-refractivity contribution is 14.1. The summed E-state index contributed by atoms with van der Waals surface area (Å²) in [5, 5.41) is 0. The molecule has 0 aromatic carbocycles. The fourth-order valence-electron chi connectivity index (χ4n) is 5.25. The van der Waals surface area contributed by atoms with E-state index < -0.39 is 0 Å². The summed E-state index contributed by atoms with van der Waals surface area (Å²) >= 11 is 2.52. The van der Waals surface area contributed by atoms with Gasteiger partial charge in [0.05, 0.1) is 4.05 Å². The minimum absolute atomic E-state index is 0.305. The van der Waals surface area contributed by atoms with Crippen molar-refractivity contribution in [3.63, 3.8) is 0 Å². The predicted octanol–water partition coefficient (Wildman–Crippen LogP) is 3.85. The maximum atomic E-state index is 11.5. The van der Waals surface area contributed by atoms with E-state index in [1.807, 2.05) is 12.4 Å². The first-order valence-electron chi connectivity index (χ1n) is 10.5. The number of anilines is 1. The quantitative estimate of drug-likeness (QED) is 0.363. The number of fused-ring (bicyclic) bond motifs is 2. The fraction of sp³-hybridized carbons (Fsp3) is 0.762. The topological polar surface area (TPSA) is 49.3 Å². The summed E-state index contributed by atoms with van der Waals surface area (Å²) in [7, 11) is 0. The lowest BCUT2D eigenvalue weighted by Gasteiger charge is -2.42. The van der Waals surface area contributed by atoms with Gasteiger partial charge in [-0.1, -0.05) is 22.6 Å². The summed E-state index contributed by atoms with van der Waals surface area (Å²) in [5.74, 6) is 2.28. The van der Waals surface area contributed by atoms with Gasteiger partial charge < -0.3 is 4.90 Å². The number of alkyl halides is 1. The number of aromatic nitrogens is 2. The molecule has 0 spiro atoms.